The predicted molar refractivity (Wildman–Crippen MR) is 91.5 cm³/mol. The Labute approximate surface area is 136 Å². The highest BCUT2D eigenvalue weighted by Gasteiger charge is 2.21. The molecule has 1 saturated heterocycles. The van der Waals surface area contributed by atoms with Crippen LogP contribution in [0.25, 0.3) is 11.1 Å². The SMILES string of the molecule is CC(C)(C)c1nc2cc(NC(=O)CCC3CCNC3)ccc2o1. The number of benzene rings is 1. The quantitative estimate of drug-likeness (QED) is 0.907. The summed E-state index contributed by atoms with van der Waals surface area (Å²) in [5.74, 6) is 1.41. The van der Waals surface area contributed by atoms with Gasteiger partial charge in [0.2, 0.25) is 11.8 Å². The van der Waals surface area contributed by atoms with Crippen LogP contribution in [-0.4, -0.2) is 24.0 Å². The number of hydrogen-bond acceptors (Lipinski definition) is 4. The molecule has 1 aromatic heterocycles. The van der Waals surface area contributed by atoms with E-state index >= 15 is 0 Å². The molecule has 1 aliphatic rings. The summed E-state index contributed by atoms with van der Waals surface area (Å²) in [5.41, 5.74) is 2.19. The lowest BCUT2D eigenvalue weighted by Gasteiger charge is -2.11. The Morgan fingerprint density at radius 3 is 2.96 bits per heavy atom. The van der Waals surface area contributed by atoms with Crippen LogP contribution in [-0.2, 0) is 10.2 Å². The largest absolute Gasteiger partial charge is 0.440 e. The van der Waals surface area contributed by atoms with E-state index in [0.29, 0.717) is 18.2 Å². The Balaban J connectivity index is 1.64. The average Bonchev–Trinajstić information content (AvgIpc) is 3.13. The van der Waals surface area contributed by atoms with Crippen molar-refractivity contribution in [2.75, 3.05) is 18.4 Å². The predicted octanol–water partition coefficient (Wildman–Crippen LogP) is 3.45. The van der Waals surface area contributed by atoms with Crippen LogP contribution in [0, 0.1) is 5.92 Å². The molecule has 0 saturated carbocycles. The minimum atomic E-state index is -0.127. The molecule has 1 fully saturated rings. The maximum absolute atomic E-state index is 12.1. The molecule has 2 N–H and O–H groups in total. The zero-order valence-electron chi connectivity index (χ0n) is 14.1. The molecule has 5 heteroatoms. The summed E-state index contributed by atoms with van der Waals surface area (Å²) >= 11 is 0. The molecule has 23 heavy (non-hydrogen) atoms. The summed E-state index contributed by atoms with van der Waals surface area (Å²) in [6.45, 7) is 8.31. The fraction of sp³-hybridized carbons (Fsp3) is 0.556. The van der Waals surface area contributed by atoms with Crippen LogP contribution in [0.3, 0.4) is 0 Å². The first-order valence-electron chi connectivity index (χ1n) is 8.33. The van der Waals surface area contributed by atoms with Crippen molar-refractivity contribution in [1.29, 1.82) is 0 Å². The van der Waals surface area contributed by atoms with Gasteiger partial charge in [-0.1, -0.05) is 20.8 Å². The summed E-state index contributed by atoms with van der Waals surface area (Å²) in [7, 11) is 0. The smallest absolute Gasteiger partial charge is 0.224 e. The molecule has 1 aliphatic heterocycles. The number of carbonyl (C=O) groups excluding carboxylic acids is 1. The van der Waals surface area contributed by atoms with Gasteiger partial charge in [0.25, 0.3) is 0 Å². The lowest BCUT2D eigenvalue weighted by molar-refractivity contribution is -0.116. The molecule has 0 spiro atoms. The van der Waals surface area contributed by atoms with Gasteiger partial charge in [-0.3, -0.25) is 4.79 Å². The molecular formula is C18H25N3O2. The fourth-order valence-corrected chi connectivity index (χ4v) is 2.85. The number of amides is 1. The first kappa shape index (κ1) is 16.0. The monoisotopic (exact) mass is 315 g/mol. The highest BCUT2D eigenvalue weighted by Crippen LogP contribution is 2.27. The van der Waals surface area contributed by atoms with Gasteiger partial charge in [-0.25, -0.2) is 4.98 Å². The zero-order valence-corrected chi connectivity index (χ0v) is 14.1. The molecule has 0 aliphatic carbocycles. The molecule has 1 aromatic carbocycles. The van der Waals surface area contributed by atoms with Gasteiger partial charge >= 0.3 is 0 Å². The van der Waals surface area contributed by atoms with Crippen molar-refractivity contribution in [3.05, 3.63) is 24.1 Å². The Kier molecular flexibility index (Phi) is 4.39. The van der Waals surface area contributed by atoms with E-state index in [4.69, 9.17) is 4.42 Å². The molecule has 124 valence electrons. The fourth-order valence-electron chi connectivity index (χ4n) is 2.85. The van der Waals surface area contributed by atoms with E-state index in [1.807, 2.05) is 18.2 Å². The Morgan fingerprint density at radius 2 is 2.26 bits per heavy atom. The number of nitrogens with one attached hydrogen (secondary N) is 2. The third-order valence-corrected chi connectivity index (χ3v) is 4.25. The first-order valence-corrected chi connectivity index (χ1v) is 8.33. The van der Waals surface area contributed by atoms with E-state index in [0.717, 1.165) is 36.3 Å². The summed E-state index contributed by atoms with van der Waals surface area (Å²) in [4.78, 5) is 16.6. The number of hydrogen-bond donors (Lipinski definition) is 2. The summed E-state index contributed by atoms with van der Waals surface area (Å²) in [6, 6.07) is 5.62. The minimum Gasteiger partial charge on any atom is -0.440 e. The Morgan fingerprint density at radius 1 is 1.43 bits per heavy atom. The topological polar surface area (TPSA) is 67.2 Å². The van der Waals surface area contributed by atoms with E-state index in [9.17, 15) is 4.79 Å². The number of rotatable bonds is 4. The Hall–Kier alpha value is -1.88. The molecule has 2 heterocycles. The van der Waals surface area contributed by atoms with Gasteiger partial charge in [-0.05, 0) is 50.0 Å². The van der Waals surface area contributed by atoms with E-state index in [-0.39, 0.29) is 11.3 Å². The molecule has 3 rings (SSSR count). The van der Waals surface area contributed by atoms with Crippen LogP contribution in [0.2, 0.25) is 0 Å². The first-order chi connectivity index (χ1) is 10.9. The normalized spacial score (nSPS) is 18.5. The zero-order chi connectivity index (χ0) is 16.4. The number of carbonyl (C=O) groups is 1. The summed E-state index contributed by atoms with van der Waals surface area (Å²) < 4.78 is 5.78. The van der Waals surface area contributed by atoms with Crippen LogP contribution in [0.1, 0.15) is 45.9 Å². The number of anilines is 1. The van der Waals surface area contributed by atoms with Gasteiger partial charge in [0.15, 0.2) is 5.58 Å². The highest BCUT2D eigenvalue weighted by atomic mass is 16.3. The van der Waals surface area contributed by atoms with E-state index < -0.39 is 0 Å². The van der Waals surface area contributed by atoms with Gasteiger partial charge < -0.3 is 15.1 Å². The molecule has 0 bridgehead atoms. The average molecular weight is 315 g/mol. The molecule has 5 nitrogen and oxygen atoms in total. The van der Waals surface area contributed by atoms with Gasteiger partial charge in [0.05, 0.1) is 0 Å². The van der Waals surface area contributed by atoms with Crippen molar-refractivity contribution in [3.63, 3.8) is 0 Å². The number of fused-ring (bicyclic) bond motifs is 1. The molecule has 1 atom stereocenters. The number of oxazole rings is 1. The molecule has 1 unspecified atom stereocenters. The van der Waals surface area contributed by atoms with Gasteiger partial charge in [-0.15, -0.1) is 0 Å². The summed E-state index contributed by atoms with van der Waals surface area (Å²) in [5, 5.41) is 6.29. The van der Waals surface area contributed by atoms with Gasteiger partial charge in [-0.2, -0.15) is 0 Å². The molecule has 1 amide bonds. The van der Waals surface area contributed by atoms with Crippen LogP contribution in [0.5, 0.6) is 0 Å². The van der Waals surface area contributed by atoms with Crippen LogP contribution < -0.4 is 10.6 Å². The summed E-state index contributed by atoms with van der Waals surface area (Å²) in [6.07, 6.45) is 2.68. The third-order valence-electron chi connectivity index (χ3n) is 4.25. The minimum absolute atomic E-state index is 0.0655. The van der Waals surface area contributed by atoms with Crippen molar-refractivity contribution in [2.24, 2.45) is 5.92 Å². The standard InChI is InChI=1S/C18H25N3O2/c1-18(2,3)17-21-14-10-13(5-6-15(14)23-17)20-16(22)7-4-12-8-9-19-11-12/h5-6,10,12,19H,4,7-9,11H2,1-3H3,(H,20,22). The van der Waals surface area contributed by atoms with Crippen molar-refractivity contribution in [1.82, 2.24) is 10.3 Å². The maximum atomic E-state index is 12.1. The third kappa shape index (κ3) is 3.91. The molecule has 0 radical (unpaired) electrons. The number of aromatic nitrogens is 1. The lowest BCUT2D eigenvalue weighted by Crippen LogP contribution is -2.15. The second kappa shape index (κ2) is 6.32. The second-order valence-corrected chi connectivity index (χ2v) is 7.40. The lowest BCUT2D eigenvalue weighted by atomic mass is 9.97. The maximum Gasteiger partial charge on any atom is 0.224 e. The number of nitrogens with zero attached hydrogens (tertiary/aromatic N) is 1. The van der Waals surface area contributed by atoms with Crippen molar-refractivity contribution >= 4 is 22.7 Å². The van der Waals surface area contributed by atoms with Gasteiger partial charge in [0, 0.05) is 17.5 Å². The van der Waals surface area contributed by atoms with Crippen molar-refractivity contribution < 1.29 is 9.21 Å². The molecule has 2 aromatic rings. The van der Waals surface area contributed by atoms with Crippen LogP contribution in [0.4, 0.5) is 5.69 Å². The van der Waals surface area contributed by atoms with E-state index in [1.54, 1.807) is 0 Å². The second-order valence-electron chi connectivity index (χ2n) is 7.40. The van der Waals surface area contributed by atoms with E-state index in [1.165, 1.54) is 6.42 Å². The van der Waals surface area contributed by atoms with Crippen LogP contribution in [0.15, 0.2) is 22.6 Å². The van der Waals surface area contributed by atoms with Crippen molar-refractivity contribution in [3.8, 4) is 0 Å². The van der Waals surface area contributed by atoms with Crippen LogP contribution >= 0.6 is 0 Å². The van der Waals surface area contributed by atoms with Gasteiger partial charge in [0.1, 0.15) is 5.52 Å². The Bertz CT molecular complexity index is 694. The highest BCUT2D eigenvalue weighted by molar-refractivity contribution is 5.92. The van der Waals surface area contributed by atoms with E-state index in [2.05, 4.69) is 36.4 Å². The van der Waals surface area contributed by atoms with Crippen molar-refractivity contribution in [2.45, 2.75) is 45.4 Å². The molecular weight excluding hydrogens is 290 g/mol.